The zero-order valence-electron chi connectivity index (χ0n) is 15.5. The predicted molar refractivity (Wildman–Crippen MR) is 103 cm³/mol. The van der Waals surface area contributed by atoms with Crippen molar-refractivity contribution in [1.82, 2.24) is 25.3 Å². The lowest BCUT2D eigenvalue weighted by Gasteiger charge is -2.18. The number of nitrogens with one attached hydrogen (secondary N) is 4. The molecule has 0 amide bonds. The molecule has 4 N–H and O–H groups in total. The molecule has 0 aliphatic carbocycles. The van der Waals surface area contributed by atoms with Gasteiger partial charge in [-0.3, -0.25) is 0 Å². The average molecular weight is 403 g/mol. The van der Waals surface area contributed by atoms with Crippen molar-refractivity contribution in [3.8, 4) is 0 Å². The van der Waals surface area contributed by atoms with Gasteiger partial charge in [0.15, 0.2) is 0 Å². The van der Waals surface area contributed by atoms with Crippen LogP contribution in [0.4, 0.5) is 30.6 Å². The highest BCUT2D eigenvalue weighted by Gasteiger charge is 2.35. The van der Waals surface area contributed by atoms with E-state index in [1.54, 1.807) is 6.20 Å². The van der Waals surface area contributed by atoms with E-state index in [4.69, 9.17) is 0 Å². The number of alkyl halides is 3. The van der Waals surface area contributed by atoms with Gasteiger partial charge in [-0.2, -0.15) is 18.2 Å². The molecule has 152 valence electrons. The van der Waals surface area contributed by atoms with E-state index < -0.39 is 11.7 Å². The number of nitrogens with zero attached hydrogens (tertiary/aromatic N) is 3. The van der Waals surface area contributed by atoms with Gasteiger partial charge in [-0.25, -0.2) is 9.97 Å². The highest BCUT2D eigenvalue weighted by Crippen LogP contribution is 2.34. The first-order valence-electron chi connectivity index (χ1n) is 9.24. The zero-order chi connectivity index (χ0) is 20.3. The van der Waals surface area contributed by atoms with E-state index in [0.717, 1.165) is 37.1 Å². The van der Waals surface area contributed by atoms with Crippen molar-refractivity contribution >= 4 is 17.5 Å². The summed E-state index contributed by atoms with van der Waals surface area (Å²) < 4.78 is 40.0. The molecule has 29 heavy (non-hydrogen) atoms. The summed E-state index contributed by atoms with van der Waals surface area (Å²) in [6.07, 6.45) is 0.842. The van der Waals surface area contributed by atoms with Crippen molar-refractivity contribution in [2.75, 3.05) is 23.7 Å². The van der Waals surface area contributed by atoms with Gasteiger partial charge >= 0.3 is 6.18 Å². The molecule has 0 bridgehead atoms. The number of rotatable bonds is 6. The molecule has 0 atom stereocenters. The normalized spacial score (nSPS) is 13.8. The third-order valence-electron chi connectivity index (χ3n) is 4.67. The number of aromatic nitrogens is 4. The Hall–Kier alpha value is -3.14. The summed E-state index contributed by atoms with van der Waals surface area (Å²) in [5.41, 5.74) is 3.02. The second kappa shape index (κ2) is 8.08. The maximum absolute atomic E-state index is 13.3. The van der Waals surface area contributed by atoms with Crippen LogP contribution in [-0.2, 0) is 25.6 Å². The molecule has 7 nitrogen and oxygen atoms in total. The molecule has 10 heteroatoms. The van der Waals surface area contributed by atoms with Crippen LogP contribution >= 0.6 is 0 Å². The smallest absolute Gasteiger partial charge is 0.369 e. The van der Waals surface area contributed by atoms with Gasteiger partial charge in [0.2, 0.25) is 5.95 Å². The SMILES string of the molecule is FC(F)(F)c1cnc(Nc2ccc3c(c2)CCNC3)nc1NCCc1c[nH]cn1. The number of hydrogen-bond donors (Lipinski definition) is 4. The second-order valence-electron chi connectivity index (χ2n) is 6.73. The van der Waals surface area contributed by atoms with Crippen LogP contribution in [0, 0.1) is 0 Å². The molecule has 0 radical (unpaired) electrons. The van der Waals surface area contributed by atoms with Crippen LogP contribution in [-0.4, -0.2) is 33.0 Å². The van der Waals surface area contributed by atoms with Crippen LogP contribution in [0.15, 0.2) is 36.9 Å². The van der Waals surface area contributed by atoms with Crippen LogP contribution in [0.1, 0.15) is 22.4 Å². The van der Waals surface area contributed by atoms with Gasteiger partial charge in [-0.05, 0) is 36.2 Å². The Balaban J connectivity index is 1.52. The van der Waals surface area contributed by atoms with Gasteiger partial charge in [0, 0.05) is 37.6 Å². The second-order valence-corrected chi connectivity index (χ2v) is 6.73. The third kappa shape index (κ3) is 4.65. The maximum atomic E-state index is 13.3. The largest absolute Gasteiger partial charge is 0.421 e. The van der Waals surface area contributed by atoms with E-state index in [2.05, 4.69) is 35.9 Å². The molecule has 4 rings (SSSR count). The van der Waals surface area contributed by atoms with Crippen LogP contribution in [0.3, 0.4) is 0 Å². The van der Waals surface area contributed by atoms with Crippen LogP contribution < -0.4 is 16.0 Å². The van der Waals surface area contributed by atoms with E-state index >= 15 is 0 Å². The van der Waals surface area contributed by atoms with Gasteiger partial charge in [0.25, 0.3) is 0 Å². The fourth-order valence-corrected chi connectivity index (χ4v) is 3.20. The molecule has 0 saturated heterocycles. The van der Waals surface area contributed by atoms with Crippen molar-refractivity contribution in [3.05, 3.63) is 59.3 Å². The summed E-state index contributed by atoms with van der Waals surface area (Å²) in [6, 6.07) is 5.86. The Morgan fingerprint density at radius 3 is 2.83 bits per heavy atom. The lowest BCUT2D eigenvalue weighted by molar-refractivity contribution is -0.137. The Labute approximate surface area is 165 Å². The molecule has 0 unspecified atom stereocenters. The lowest BCUT2D eigenvalue weighted by Crippen LogP contribution is -2.23. The molecule has 3 heterocycles. The zero-order valence-corrected chi connectivity index (χ0v) is 15.5. The van der Waals surface area contributed by atoms with Gasteiger partial charge < -0.3 is 20.9 Å². The van der Waals surface area contributed by atoms with Crippen molar-refractivity contribution in [2.45, 2.75) is 25.6 Å². The summed E-state index contributed by atoms with van der Waals surface area (Å²) in [5.74, 6) is -0.151. The average Bonchev–Trinajstić information content (AvgIpc) is 3.21. The quantitative estimate of drug-likeness (QED) is 0.505. The van der Waals surface area contributed by atoms with Crippen molar-refractivity contribution in [3.63, 3.8) is 0 Å². The maximum Gasteiger partial charge on any atom is 0.421 e. The summed E-state index contributed by atoms with van der Waals surface area (Å²) >= 11 is 0. The minimum atomic E-state index is -4.55. The Morgan fingerprint density at radius 2 is 2.03 bits per heavy atom. The molecule has 0 fully saturated rings. The number of halogens is 3. The number of benzene rings is 1. The van der Waals surface area contributed by atoms with Gasteiger partial charge in [0.05, 0.1) is 12.0 Å². The van der Waals surface area contributed by atoms with Gasteiger partial charge in [-0.15, -0.1) is 0 Å². The summed E-state index contributed by atoms with van der Waals surface area (Å²) in [7, 11) is 0. The Bertz CT molecular complexity index is 970. The first-order chi connectivity index (χ1) is 14.0. The monoisotopic (exact) mass is 403 g/mol. The molecule has 1 aromatic carbocycles. The van der Waals surface area contributed by atoms with Crippen LogP contribution in [0.5, 0.6) is 0 Å². The molecule has 2 aromatic heterocycles. The first-order valence-corrected chi connectivity index (χ1v) is 9.24. The molecule has 0 spiro atoms. The summed E-state index contributed by atoms with van der Waals surface area (Å²) in [4.78, 5) is 14.8. The van der Waals surface area contributed by atoms with E-state index in [0.29, 0.717) is 6.42 Å². The number of fused-ring (bicyclic) bond motifs is 1. The Morgan fingerprint density at radius 1 is 1.14 bits per heavy atom. The topological polar surface area (TPSA) is 90.5 Å². The fraction of sp³-hybridized carbons (Fsp3) is 0.316. The van der Waals surface area contributed by atoms with Crippen molar-refractivity contribution < 1.29 is 13.2 Å². The third-order valence-corrected chi connectivity index (χ3v) is 4.67. The minimum absolute atomic E-state index is 0.106. The minimum Gasteiger partial charge on any atom is -0.369 e. The van der Waals surface area contributed by atoms with Crippen molar-refractivity contribution in [1.29, 1.82) is 0 Å². The van der Waals surface area contributed by atoms with Crippen LogP contribution in [0.25, 0.3) is 0 Å². The van der Waals surface area contributed by atoms with E-state index in [1.807, 2.05) is 18.2 Å². The van der Waals surface area contributed by atoms with E-state index in [1.165, 1.54) is 17.5 Å². The van der Waals surface area contributed by atoms with Gasteiger partial charge in [0.1, 0.15) is 11.4 Å². The number of aromatic amines is 1. The molecule has 1 aliphatic rings. The number of anilines is 3. The number of H-pyrrole nitrogens is 1. The van der Waals surface area contributed by atoms with E-state index in [9.17, 15) is 13.2 Å². The predicted octanol–water partition coefficient (Wildman–Crippen LogP) is 3.26. The summed E-state index contributed by atoms with van der Waals surface area (Å²) in [6.45, 7) is 1.98. The fourth-order valence-electron chi connectivity index (χ4n) is 3.20. The molecular weight excluding hydrogens is 383 g/mol. The van der Waals surface area contributed by atoms with Crippen molar-refractivity contribution in [2.24, 2.45) is 0 Å². The first kappa shape index (κ1) is 19.2. The lowest BCUT2D eigenvalue weighted by atomic mass is 10.0. The standard InChI is InChI=1S/C19H20F3N7/c20-19(21,22)16-10-26-18(29-17(16)25-6-4-15-9-24-11-27-15)28-14-2-1-13-8-23-5-3-12(13)7-14/h1-2,7,9-11,23H,3-6,8H2,(H,24,27)(H2,25,26,28,29). The van der Waals surface area contributed by atoms with Crippen LogP contribution in [0.2, 0.25) is 0 Å². The Kier molecular flexibility index (Phi) is 5.34. The molecule has 1 aliphatic heterocycles. The summed E-state index contributed by atoms with van der Waals surface area (Å²) in [5, 5.41) is 9.07. The molecule has 3 aromatic rings. The highest BCUT2D eigenvalue weighted by molar-refractivity contribution is 5.58. The highest BCUT2D eigenvalue weighted by atomic mass is 19.4. The number of imidazole rings is 1. The van der Waals surface area contributed by atoms with Gasteiger partial charge in [-0.1, -0.05) is 6.07 Å². The molecule has 0 saturated carbocycles. The number of hydrogen-bond acceptors (Lipinski definition) is 6. The molecular formula is C19H20F3N7. The van der Waals surface area contributed by atoms with E-state index in [-0.39, 0.29) is 18.3 Å².